The second kappa shape index (κ2) is 7.14. The van der Waals surface area contributed by atoms with Gasteiger partial charge in [0.25, 0.3) is 5.91 Å². The van der Waals surface area contributed by atoms with Gasteiger partial charge in [-0.05, 0) is 12.5 Å². The van der Waals surface area contributed by atoms with Crippen LogP contribution in [0.15, 0.2) is 35.5 Å². The van der Waals surface area contributed by atoms with Crippen LogP contribution in [-0.2, 0) is 9.53 Å². The zero-order valence-electron chi connectivity index (χ0n) is 14.7. The van der Waals surface area contributed by atoms with Crippen molar-refractivity contribution in [2.75, 3.05) is 41.0 Å². The highest BCUT2D eigenvalue weighted by Crippen LogP contribution is 2.38. The smallest absolute Gasteiger partial charge is 0.322 e. The van der Waals surface area contributed by atoms with Crippen molar-refractivity contribution in [3.63, 3.8) is 0 Å². The van der Waals surface area contributed by atoms with Crippen molar-refractivity contribution in [1.29, 1.82) is 0 Å². The van der Waals surface area contributed by atoms with E-state index in [0.717, 1.165) is 17.7 Å². The Labute approximate surface area is 147 Å². The van der Waals surface area contributed by atoms with Gasteiger partial charge in [-0.2, -0.15) is 0 Å². The number of carbonyl (C=O) groups is 2. The Bertz CT molecular complexity index is 716. The van der Waals surface area contributed by atoms with Crippen LogP contribution in [0.25, 0.3) is 0 Å². The van der Waals surface area contributed by atoms with Crippen molar-refractivity contribution in [3.8, 4) is 5.75 Å². The molecule has 25 heavy (non-hydrogen) atoms. The highest BCUT2D eigenvalue weighted by Gasteiger charge is 2.43. The summed E-state index contributed by atoms with van der Waals surface area (Å²) in [6.45, 7) is 1.63. The molecule has 0 saturated carbocycles. The summed E-state index contributed by atoms with van der Waals surface area (Å²) in [5.41, 5.74) is 2.15. The van der Waals surface area contributed by atoms with E-state index in [-0.39, 0.29) is 11.9 Å². The largest absolute Gasteiger partial charge is 0.496 e. The minimum atomic E-state index is -0.505. The van der Waals surface area contributed by atoms with Gasteiger partial charge in [-0.25, -0.2) is 4.79 Å². The lowest BCUT2D eigenvalue weighted by molar-refractivity contribution is -0.125. The number of benzene rings is 1. The Morgan fingerprint density at radius 3 is 2.72 bits per heavy atom. The number of nitrogens with zero attached hydrogens (tertiary/aromatic N) is 2. The van der Waals surface area contributed by atoms with Crippen molar-refractivity contribution in [3.05, 3.63) is 41.1 Å². The number of hydrogen-bond acceptors (Lipinski definition) is 4. The first kappa shape index (κ1) is 17.3. The van der Waals surface area contributed by atoms with Crippen molar-refractivity contribution in [2.45, 2.75) is 12.5 Å². The zero-order chi connectivity index (χ0) is 18.0. The molecule has 134 valence electrons. The lowest BCUT2D eigenvalue weighted by atomic mass is 9.95. The lowest BCUT2D eigenvalue weighted by Crippen LogP contribution is -2.45. The van der Waals surface area contributed by atoms with Gasteiger partial charge in [0, 0.05) is 32.9 Å². The number of rotatable bonds is 6. The quantitative estimate of drug-likeness (QED) is 0.794. The zero-order valence-corrected chi connectivity index (χ0v) is 14.7. The first-order valence-electron chi connectivity index (χ1n) is 8.26. The van der Waals surface area contributed by atoms with Gasteiger partial charge >= 0.3 is 6.03 Å². The number of methoxy groups -OCH3 is 2. The van der Waals surface area contributed by atoms with E-state index in [1.807, 2.05) is 24.3 Å². The van der Waals surface area contributed by atoms with Crippen LogP contribution in [0.5, 0.6) is 5.75 Å². The molecule has 0 aliphatic carbocycles. The minimum Gasteiger partial charge on any atom is -0.496 e. The molecule has 0 fully saturated rings. The fourth-order valence-corrected chi connectivity index (χ4v) is 3.34. The van der Waals surface area contributed by atoms with Gasteiger partial charge in [0.15, 0.2) is 0 Å². The van der Waals surface area contributed by atoms with E-state index in [0.29, 0.717) is 31.0 Å². The van der Waals surface area contributed by atoms with Crippen molar-refractivity contribution in [1.82, 2.24) is 15.1 Å². The van der Waals surface area contributed by atoms with Crippen LogP contribution in [0, 0.1) is 0 Å². The third-order valence-electron chi connectivity index (χ3n) is 4.66. The molecule has 0 unspecified atom stereocenters. The van der Waals surface area contributed by atoms with Crippen molar-refractivity contribution in [2.24, 2.45) is 0 Å². The Hall–Kier alpha value is -2.54. The number of para-hydroxylation sites is 1. The summed E-state index contributed by atoms with van der Waals surface area (Å²) in [7, 11) is 4.91. The summed E-state index contributed by atoms with van der Waals surface area (Å²) in [5.74, 6) is 0.601. The van der Waals surface area contributed by atoms with Gasteiger partial charge in [0.2, 0.25) is 0 Å². The molecule has 3 rings (SSSR count). The highest BCUT2D eigenvalue weighted by atomic mass is 16.5. The summed E-state index contributed by atoms with van der Waals surface area (Å²) in [6.07, 6.45) is 0.757. The molecule has 0 saturated heterocycles. The number of urea groups is 1. The van der Waals surface area contributed by atoms with Gasteiger partial charge < -0.3 is 19.7 Å². The fraction of sp³-hybridized carbons (Fsp3) is 0.444. The summed E-state index contributed by atoms with van der Waals surface area (Å²) in [4.78, 5) is 28.7. The Morgan fingerprint density at radius 2 is 2.00 bits per heavy atom. The summed E-state index contributed by atoms with van der Waals surface area (Å²) in [6, 6.07) is 6.72. The van der Waals surface area contributed by atoms with Crippen LogP contribution in [-0.4, -0.2) is 62.7 Å². The molecule has 0 bridgehead atoms. The van der Waals surface area contributed by atoms with Crippen LogP contribution >= 0.6 is 0 Å². The van der Waals surface area contributed by atoms with E-state index in [4.69, 9.17) is 9.47 Å². The van der Waals surface area contributed by atoms with Crippen LogP contribution in [0.4, 0.5) is 4.79 Å². The number of nitrogens with one attached hydrogen (secondary N) is 1. The first-order valence-corrected chi connectivity index (χ1v) is 8.26. The molecule has 1 N–H and O–H groups in total. The maximum Gasteiger partial charge on any atom is 0.322 e. The first-order chi connectivity index (χ1) is 12.1. The fourth-order valence-electron chi connectivity index (χ4n) is 3.34. The predicted octanol–water partition coefficient (Wildman–Crippen LogP) is 1.52. The molecule has 2 aliphatic heterocycles. The molecule has 7 nitrogen and oxygen atoms in total. The molecular weight excluding hydrogens is 322 g/mol. The monoisotopic (exact) mass is 345 g/mol. The topological polar surface area (TPSA) is 71.1 Å². The summed E-state index contributed by atoms with van der Waals surface area (Å²) in [5, 5.41) is 2.92. The average Bonchev–Trinajstić information content (AvgIpc) is 2.95. The lowest BCUT2D eigenvalue weighted by Gasteiger charge is -2.31. The molecule has 1 atom stereocenters. The standard InChI is InChI=1S/C18H23N3O4/c1-20-13-11-21(9-6-10-24-2)17(22)15(13)16(19-18(20)23)12-7-4-5-8-14(12)25-3/h4-5,7-8,16H,6,9-11H2,1-3H3,(H,19,23)/t16-/m1/s1. The van der Waals surface area contributed by atoms with Crippen molar-refractivity contribution < 1.29 is 19.1 Å². The second-order valence-electron chi connectivity index (χ2n) is 6.12. The van der Waals surface area contributed by atoms with E-state index in [1.54, 1.807) is 26.2 Å². The van der Waals surface area contributed by atoms with E-state index in [2.05, 4.69) is 5.32 Å². The number of likely N-dealkylation sites (N-methyl/N-ethyl adjacent to an activating group) is 1. The van der Waals surface area contributed by atoms with E-state index >= 15 is 0 Å². The number of hydrogen-bond donors (Lipinski definition) is 1. The maximum absolute atomic E-state index is 13.0. The molecule has 2 heterocycles. The summed E-state index contributed by atoms with van der Waals surface area (Å²) < 4.78 is 10.5. The van der Waals surface area contributed by atoms with Gasteiger partial charge in [-0.15, -0.1) is 0 Å². The van der Waals surface area contributed by atoms with Crippen molar-refractivity contribution >= 4 is 11.9 Å². The maximum atomic E-state index is 13.0. The predicted molar refractivity (Wildman–Crippen MR) is 92.1 cm³/mol. The third-order valence-corrected chi connectivity index (χ3v) is 4.66. The SMILES string of the molecule is COCCCN1CC2=C(C1=O)[C@@H](c1ccccc1OC)NC(=O)N2C. The molecule has 3 amide bonds. The minimum absolute atomic E-state index is 0.0474. The normalized spacial score (nSPS) is 20.0. The third kappa shape index (κ3) is 3.07. The molecule has 7 heteroatoms. The van der Waals surface area contributed by atoms with Gasteiger partial charge in [0.1, 0.15) is 5.75 Å². The molecular formula is C18H23N3O4. The number of ether oxygens (including phenoxy) is 2. The van der Waals surface area contributed by atoms with Gasteiger partial charge in [0.05, 0.1) is 31.0 Å². The van der Waals surface area contributed by atoms with Crippen LogP contribution < -0.4 is 10.1 Å². The molecule has 1 aromatic rings. The molecule has 0 spiro atoms. The molecule has 2 aliphatic rings. The molecule has 0 aromatic heterocycles. The van der Waals surface area contributed by atoms with Crippen LogP contribution in [0.1, 0.15) is 18.0 Å². The average molecular weight is 345 g/mol. The van der Waals surface area contributed by atoms with E-state index in [1.165, 1.54) is 4.90 Å². The number of carbonyl (C=O) groups excluding carboxylic acids is 2. The van der Waals surface area contributed by atoms with Crippen LogP contribution in [0.3, 0.4) is 0 Å². The van der Waals surface area contributed by atoms with E-state index in [9.17, 15) is 9.59 Å². The summed E-state index contributed by atoms with van der Waals surface area (Å²) >= 11 is 0. The van der Waals surface area contributed by atoms with Gasteiger partial charge in [-0.3, -0.25) is 9.69 Å². The molecule has 1 aromatic carbocycles. The highest BCUT2D eigenvalue weighted by molar-refractivity contribution is 6.01. The Kier molecular flexibility index (Phi) is 4.94. The van der Waals surface area contributed by atoms with Crippen LogP contribution in [0.2, 0.25) is 0 Å². The van der Waals surface area contributed by atoms with Gasteiger partial charge in [-0.1, -0.05) is 18.2 Å². The van der Waals surface area contributed by atoms with E-state index < -0.39 is 6.04 Å². The Morgan fingerprint density at radius 1 is 1.24 bits per heavy atom. The second-order valence-corrected chi connectivity index (χ2v) is 6.12. The molecule has 0 radical (unpaired) electrons. The number of amides is 3. The Balaban J connectivity index is 1.95.